The van der Waals surface area contributed by atoms with Gasteiger partial charge in [0.15, 0.2) is 5.69 Å². The summed E-state index contributed by atoms with van der Waals surface area (Å²) in [4.78, 5) is 11.8. The van der Waals surface area contributed by atoms with Crippen molar-refractivity contribution >= 4 is 15.9 Å². The quantitative estimate of drug-likeness (QED) is 0.618. The van der Waals surface area contributed by atoms with Crippen LogP contribution < -0.4 is 9.46 Å². The molecule has 0 atom stereocenters. The Kier molecular flexibility index (Phi) is 6.07. The predicted molar refractivity (Wildman–Crippen MR) is 107 cm³/mol. The molecular weight excluding hydrogens is 435 g/mol. The first-order valence-electron chi connectivity index (χ1n) is 8.88. The molecule has 7 nitrogen and oxygen atoms in total. The number of nitrogens with zero attached hydrogens (tertiary/aromatic N) is 2. The van der Waals surface area contributed by atoms with Crippen LogP contribution in [0.3, 0.4) is 0 Å². The van der Waals surface area contributed by atoms with Crippen molar-refractivity contribution in [1.82, 2.24) is 14.5 Å². The van der Waals surface area contributed by atoms with E-state index in [4.69, 9.17) is 4.74 Å². The smallest absolute Gasteiger partial charge is 0.435 e. The number of aryl methyl sites for hydroxylation is 1. The van der Waals surface area contributed by atoms with Crippen molar-refractivity contribution in [2.24, 2.45) is 7.05 Å². The SMILES string of the molecule is Cn1nc(C(F)(F)F)cc1-c1ccc(OCc2ccc(C(=O)NS(C)(=O)=O)cc2)cc1. The van der Waals surface area contributed by atoms with Crippen LogP contribution in [0.1, 0.15) is 21.6 Å². The fourth-order valence-corrected chi connectivity index (χ4v) is 3.20. The van der Waals surface area contributed by atoms with E-state index in [-0.39, 0.29) is 12.2 Å². The lowest BCUT2D eigenvalue weighted by Crippen LogP contribution is -2.29. The number of nitrogens with one attached hydrogen (secondary N) is 1. The number of carbonyl (C=O) groups excluding carboxylic acids is 1. The molecule has 164 valence electrons. The molecule has 0 saturated heterocycles. The van der Waals surface area contributed by atoms with Gasteiger partial charge in [0.1, 0.15) is 12.4 Å². The second kappa shape index (κ2) is 8.42. The standard InChI is InChI=1S/C20H18F3N3O4S/c1-26-17(11-18(24-26)20(21,22)23)14-7-9-16(10-8-14)30-12-13-3-5-15(6-4-13)19(27)25-31(2,28)29/h3-11H,12H2,1-2H3,(H,25,27). The minimum absolute atomic E-state index is 0.178. The molecule has 1 amide bonds. The minimum atomic E-state index is -4.51. The van der Waals surface area contributed by atoms with Gasteiger partial charge in [-0.1, -0.05) is 12.1 Å². The van der Waals surface area contributed by atoms with E-state index in [0.29, 0.717) is 17.0 Å². The van der Waals surface area contributed by atoms with Crippen LogP contribution in [0.25, 0.3) is 11.3 Å². The lowest BCUT2D eigenvalue weighted by molar-refractivity contribution is -0.141. The number of ether oxygens (including phenoxy) is 1. The maximum Gasteiger partial charge on any atom is 0.435 e. The summed E-state index contributed by atoms with van der Waals surface area (Å²) in [5.41, 5.74) is 0.842. The fraction of sp³-hybridized carbons (Fsp3) is 0.200. The highest BCUT2D eigenvalue weighted by Crippen LogP contribution is 2.31. The summed E-state index contributed by atoms with van der Waals surface area (Å²) in [6.45, 7) is 0.178. The van der Waals surface area contributed by atoms with E-state index in [1.54, 1.807) is 36.4 Å². The summed E-state index contributed by atoms with van der Waals surface area (Å²) in [5.74, 6) is -0.227. The molecule has 31 heavy (non-hydrogen) atoms. The molecule has 1 N–H and O–H groups in total. The maximum absolute atomic E-state index is 12.8. The second-order valence-corrected chi connectivity index (χ2v) is 8.50. The Morgan fingerprint density at radius 2 is 1.71 bits per heavy atom. The van der Waals surface area contributed by atoms with Gasteiger partial charge in [0.05, 0.1) is 11.9 Å². The van der Waals surface area contributed by atoms with Crippen molar-refractivity contribution in [2.75, 3.05) is 6.26 Å². The molecule has 0 bridgehead atoms. The number of alkyl halides is 3. The number of sulfonamides is 1. The first-order chi connectivity index (χ1) is 14.4. The molecule has 3 aromatic rings. The first kappa shape index (κ1) is 22.3. The van der Waals surface area contributed by atoms with Crippen molar-refractivity contribution in [1.29, 1.82) is 0 Å². The summed E-state index contributed by atoms with van der Waals surface area (Å²) in [6, 6.07) is 13.7. The summed E-state index contributed by atoms with van der Waals surface area (Å²) >= 11 is 0. The van der Waals surface area contributed by atoms with Crippen LogP contribution in [-0.4, -0.2) is 30.4 Å². The molecule has 0 fully saturated rings. The third-order valence-corrected chi connectivity index (χ3v) is 4.78. The van der Waals surface area contributed by atoms with Gasteiger partial charge in [-0.2, -0.15) is 18.3 Å². The zero-order valence-electron chi connectivity index (χ0n) is 16.5. The normalized spacial score (nSPS) is 11.9. The molecule has 2 aromatic carbocycles. The Morgan fingerprint density at radius 1 is 1.10 bits per heavy atom. The van der Waals surface area contributed by atoms with E-state index in [2.05, 4.69) is 5.10 Å². The van der Waals surface area contributed by atoms with Crippen molar-refractivity contribution in [3.8, 4) is 17.0 Å². The number of hydrogen-bond donors (Lipinski definition) is 1. The van der Waals surface area contributed by atoms with E-state index in [1.165, 1.54) is 23.9 Å². The van der Waals surface area contributed by atoms with E-state index < -0.39 is 27.8 Å². The molecule has 0 aliphatic rings. The van der Waals surface area contributed by atoms with Crippen LogP contribution in [0.5, 0.6) is 5.75 Å². The Bertz CT molecular complexity index is 1190. The van der Waals surface area contributed by atoms with Crippen LogP contribution in [0.2, 0.25) is 0 Å². The third kappa shape index (κ3) is 5.85. The minimum Gasteiger partial charge on any atom is -0.489 e. The van der Waals surface area contributed by atoms with E-state index >= 15 is 0 Å². The number of carbonyl (C=O) groups is 1. The van der Waals surface area contributed by atoms with Crippen LogP contribution in [0.15, 0.2) is 54.6 Å². The van der Waals surface area contributed by atoms with Crippen LogP contribution in [0, 0.1) is 0 Å². The number of halogens is 3. The second-order valence-electron chi connectivity index (χ2n) is 6.75. The van der Waals surface area contributed by atoms with Crippen LogP contribution in [0.4, 0.5) is 13.2 Å². The summed E-state index contributed by atoms with van der Waals surface area (Å²) in [6.07, 6.45) is -3.62. The zero-order valence-corrected chi connectivity index (χ0v) is 17.3. The molecule has 0 radical (unpaired) electrons. The number of amides is 1. The summed E-state index contributed by atoms with van der Waals surface area (Å²) < 4.78 is 69.4. The van der Waals surface area contributed by atoms with Gasteiger partial charge in [0.2, 0.25) is 10.0 Å². The van der Waals surface area contributed by atoms with Crippen molar-refractivity contribution in [3.05, 3.63) is 71.4 Å². The van der Waals surface area contributed by atoms with Gasteiger partial charge in [-0.3, -0.25) is 9.48 Å². The molecule has 3 rings (SSSR count). The Labute approximate surface area is 176 Å². The van der Waals surface area contributed by atoms with Crippen molar-refractivity contribution in [2.45, 2.75) is 12.8 Å². The molecule has 0 aliphatic carbocycles. The average molecular weight is 453 g/mol. The highest BCUT2D eigenvalue weighted by molar-refractivity contribution is 7.89. The van der Waals surface area contributed by atoms with E-state index in [9.17, 15) is 26.4 Å². The largest absolute Gasteiger partial charge is 0.489 e. The van der Waals surface area contributed by atoms with Gasteiger partial charge >= 0.3 is 6.18 Å². The lowest BCUT2D eigenvalue weighted by atomic mass is 10.1. The van der Waals surface area contributed by atoms with Gasteiger partial charge in [-0.05, 0) is 48.0 Å². The number of hydrogen-bond acceptors (Lipinski definition) is 5. The molecule has 11 heteroatoms. The number of benzene rings is 2. The number of aromatic nitrogens is 2. The summed E-state index contributed by atoms with van der Waals surface area (Å²) in [5, 5.41) is 3.49. The molecule has 0 unspecified atom stereocenters. The van der Waals surface area contributed by atoms with Gasteiger partial charge < -0.3 is 4.74 Å². The molecular formula is C20H18F3N3O4S. The highest BCUT2D eigenvalue weighted by Gasteiger charge is 2.34. The molecule has 0 saturated carbocycles. The van der Waals surface area contributed by atoms with Crippen LogP contribution >= 0.6 is 0 Å². The molecule has 1 heterocycles. The third-order valence-electron chi connectivity index (χ3n) is 4.22. The Morgan fingerprint density at radius 3 is 2.23 bits per heavy atom. The maximum atomic E-state index is 12.8. The average Bonchev–Trinajstić information content (AvgIpc) is 3.08. The van der Waals surface area contributed by atoms with E-state index in [0.717, 1.165) is 17.9 Å². The first-order valence-corrected chi connectivity index (χ1v) is 10.8. The van der Waals surface area contributed by atoms with Crippen LogP contribution in [-0.2, 0) is 29.9 Å². The molecule has 0 aliphatic heterocycles. The lowest BCUT2D eigenvalue weighted by Gasteiger charge is -2.08. The van der Waals surface area contributed by atoms with Gasteiger partial charge in [0.25, 0.3) is 5.91 Å². The molecule has 1 aromatic heterocycles. The van der Waals surface area contributed by atoms with Crippen molar-refractivity contribution in [3.63, 3.8) is 0 Å². The fourth-order valence-electron chi connectivity index (χ4n) is 2.74. The van der Waals surface area contributed by atoms with E-state index in [1.807, 2.05) is 4.72 Å². The highest BCUT2D eigenvalue weighted by atomic mass is 32.2. The van der Waals surface area contributed by atoms with Gasteiger partial charge in [-0.25, -0.2) is 13.1 Å². The van der Waals surface area contributed by atoms with Gasteiger partial charge in [-0.15, -0.1) is 0 Å². The zero-order chi connectivity index (χ0) is 22.8. The monoisotopic (exact) mass is 453 g/mol. The number of rotatable bonds is 6. The summed E-state index contributed by atoms with van der Waals surface area (Å²) in [7, 11) is -2.21. The van der Waals surface area contributed by atoms with Gasteiger partial charge in [0, 0.05) is 18.2 Å². The molecule has 0 spiro atoms. The Hall–Kier alpha value is -3.34. The predicted octanol–water partition coefficient (Wildman–Crippen LogP) is 3.37. The van der Waals surface area contributed by atoms with Crippen molar-refractivity contribution < 1.29 is 31.1 Å². The Balaban J connectivity index is 1.63. The topological polar surface area (TPSA) is 90.3 Å².